The smallest absolute Gasteiger partial charge is 0.251 e. The summed E-state index contributed by atoms with van der Waals surface area (Å²) in [7, 11) is 1.79. The van der Waals surface area contributed by atoms with Crippen LogP contribution in [0.5, 0.6) is 0 Å². The first kappa shape index (κ1) is 21.4. The van der Waals surface area contributed by atoms with Gasteiger partial charge in [0.25, 0.3) is 5.91 Å². The molecule has 0 bridgehead atoms. The van der Waals surface area contributed by atoms with Gasteiger partial charge in [0.2, 0.25) is 5.91 Å². The Hall–Kier alpha value is -2.36. The number of para-hydroxylation sites is 1. The zero-order chi connectivity index (χ0) is 20.8. The molecule has 1 aromatic heterocycles. The van der Waals surface area contributed by atoms with E-state index >= 15 is 0 Å². The molecule has 0 unspecified atom stereocenters. The van der Waals surface area contributed by atoms with Crippen LogP contribution in [0.15, 0.2) is 58.2 Å². The molecule has 10 heteroatoms. The number of thioether (sulfide) groups is 1. The zero-order valence-electron chi connectivity index (χ0n) is 15.4. The molecule has 0 radical (unpaired) electrons. The minimum atomic E-state index is -0.230. The van der Waals surface area contributed by atoms with Crippen LogP contribution in [0.1, 0.15) is 16.2 Å². The number of amides is 2. The van der Waals surface area contributed by atoms with Gasteiger partial charge >= 0.3 is 0 Å². The first-order valence-corrected chi connectivity index (χ1v) is 10.7. The maximum atomic E-state index is 12.2. The molecule has 0 atom stereocenters. The lowest BCUT2D eigenvalue weighted by molar-refractivity contribution is -0.113. The number of nitrogens with zero attached hydrogens (tertiary/aromatic N) is 3. The maximum absolute atomic E-state index is 12.2. The number of benzene rings is 2. The fourth-order valence-corrected chi connectivity index (χ4v) is 3.61. The van der Waals surface area contributed by atoms with Crippen molar-refractivity contribution in [2.24, 2.45) is 7.05 Å². The molecule has 150 valence electrons. The fourth-order valence-electron chi connectivity index (χ4n) is 2.37. The molecule has 0 spiro atoms. The summed E-state index contributed by atoms with van der Waals surface area (Å²) in [4.78, 5) is 24.4. The third kappa shape index (κ3) is 5.81. The second-order valence-corrected chi connectivity index (χ2v) is 8.20. The minimum absolute atomic E-state index is 0.150. The van der Waals surface area contributed by atoms with Crippen LogP contribution in [0.25, 0.3) is 0 Å². The van der Waals surface area contributed by atoms with E-state index in [2.05, 4.69) is 36.8 Å². The highest BCUT2D eigenvalue weighted by atomic mass is 79.9. The van der Waals surface area contributed by atoms with Crippen molar-refractivity contribution in [1.82, 2.24) is 20.1 Å². The predicted molar refractivity (Wildman–Crippen MR) is 117 cm³/mol. The number of nitrogens with one attached hydrogen (secondary N) is 2. The Morgan fingerprint density at radius 1 is 1.14 bits per heavy atom. The maximum Gasteiger partial charge on any atom is 0.251 e. The van der Waals surface area contributed by atoms with Gasteiger partial charge in [0, 0.05) is 22.1 Å². The summed E-state index contributed by atoms with van der Waals surface area (Å²) >= 11 is 10.5. The standard InChI is InChI=1S/C19H17BrClN5O2S/c1-26-16(10-22-18(28)12-6-8-13(21)9-7-12)24-25-19(26)29-11-17(27)23-15-5-3-2-4-14(15)20/h2-9H,10-11H2,1H3,(H,22,28)(H,23,27). The lowest BCUT2D eigenvalue weighted by Gasteiger charge is -2.07. The fraction of sp³-hybridized carbons (Fsp3) is 0.158. The molecule has 0 saturated heterocycles. The van der Waals surface area contributed by atoms with Gasteiger partial charge in [-0.2, -0.15) is 0 Å². The first-order chi connectivity index (χ1) is 13.9. The van der Waals surface area contributed by atoms with Gasteiger partial charge in [0.05, 0.1) is 18.0 Å². The van der Waals surface area contributed by atoms with Gasteiger partial charge in [-0.05, 0) is 52.3 Å². The van der Waals surface area contributed by atoms with Crippen molar-refractivity contribution in [3.05, 3.63) is 69.4 Å². The quantitative estimate of drug-likeness (QED) is 0.487. The number of carbonyl (C=O) groups excluding carboxylic acids is 2. The van der Waals surface area contributed by atoms with Crippen molar-refractivity contribution in [3.63, 3.8) is 0 Å². The molecule has 1 heterocycles. The van der Waals surface area contributed by atoms with E-state index < -0.39 is 0 Å². The molecule has 0 aliphatic heterocycles. The van der Waals surface area contributed by atoms with Gasteiger partial charge in [-0.1, -0.05) is 35.5 Å². The van der Waals surface area contributed by atoms with Crippen LogP contribution < -0.4 is 10.6 Å². The van der Waals surface area contributed by atoms with E-state index in [1.165, 1.54) is 11.8 Å². The monoisotopic (exact) mass is 493 g/mol. The lowest BCUT2D eigenvalue weighted by atomic mass is 10.2. The van der Waals surface area contributed by atoms with Gasteiger partial charge in [-0.3, -0.25) is 9.59 Å². The van der Waals surface area contributed by atoms with Crippen LogP contribution in [-0.4, -0.2) is 32.3 Å². The van der Waals surface area contributed by atoms with Gasteiger partial charge in [-0.15, -0.1) is 10.2 Å². The van der Waals surface area contributed by atoms with Crippen LogP contribution in [0.3, 0.4) is 0 Å². The van der Waals surface area contributed by atoms with E-state index in [1.807, 2.05) is 24.3 Å². The van der Waals surface area contributed by atoms with Gasteiger partial charge in [0.1, 0.15) is 0 Å². The van der Waals surface area contributed by atoms with Crippen molar-refractivity contribution in [2.45, 2.75) is 11.7 Å². The normalized spacial score (nSPS) is 10.6. The molecular weight excluding hydrogens is 478 g/mol. The van der Waals surface area contributed by atoms with E-state index in [0.29, 0.717) is 27.3 Å². The Bertz CT molecular complexity index is 1030. The largest absolute Gasteiger partial charge is 0.345 e. The Morgan fingerprint density at radius 3 is 2.59 bits per heavy atom. The van der Waals surface area contributed by atoms with Crippen LogP contribution in [0.4, 0.5) is 5.69 Å². The van der Waals surface area contributed by atoms with Crippen molar-refractivity contribution in [2.75, 3.05) is 11.1 Å². The number of aromatic nitrogens is 3. The SMILES string of the molecule is Cn1c(CNC(=O)c2ccc(Cl)cc2)nnc1SCC(=O)Nc1ccccc1Br. The van der Waals surface area contributed by atoms with Gasteiger partial charge in [-0.25, -0.2) is 0 Å². The highest BCUT2D eigenvalue weighted by Gasteiger charge is 2.13. The molecule has 3 aromatic rings. The van der Waals surface area contributed by atoms with E-state index in [4.69, 9.17) is 11.6 Å². The summed E-state index contributed by atoms with van der Waals surface area (Å²) < 4.78 is 2.56. The minimum Gasteiger partial charge on any atom is -0.345 e. The molecule has 7 nitrogen and oxygen atoms in total. The zero-order valence-corrected chi connectivity index (χ0v) is 18.5. The third-order valence-electron chi connectivity index (χ3n) is 3.92. The predicted octanol–water partition coefficient (Wildman–Crippen LogP) is 3.89. The first-order valence-electron chi connectivity index (χ1n) is 8.53. The van der Waals surface area contributed by atoms with E-state index in [9.17, 15) is 9.59 Å². The number of rotatable bonds is 7. The highest BCUT2D eigenvalue weighted by Crippen LogP contribution is 2.22. The molecule has 0 saturated carbocycles. The van der Waals surface area contributed by atoms with Crippen LogP contribution in [-0.2, 0) is 18.4 Å². The third-order valence-corrected chi connectivity index (χ3v) is 5.88. The van der Waals surface area contributed by atoms with Crippen molar-refractivity contribution < 1.29 is 9.59 Å². The average Bonchev–Trinajstić information content (AvgIpc) is 3.06. The number of hydrogen-bond acceptors (Lipinski definition) is 5. The average molecular weight is 495 g/mol. The van der Waals surface area contributed by atoms with E-state index in [0.717, 1.165) is 4.47 Å². The van der Waals surface area contributed by atoms with Crippen LogP contribution in [0, 0.1) is 0 Å². The molecule has 29 heavy (non-hydrogen) atoms. The van der Waals surface area contributed by atoms with Gasteiger partial charge < -0.3 is 15.2 Å². The summed E-state index contributed by atoms with van der Waals surface area (Å²) in [5.74, 6) is 0.389. The molecule has 0 fully saturated rings. The van der Waals surface area contributed by atoms with Gasteiger partial charge in [0.15, 0.2) is 11.0 Å². The number of hydrogen-bond donors (Lipinski definition) is 2. The highest BCUT2D eigenvalue weighted by molar-refractivity contribution is 9.10. The van der Waals surface area contributed by atoms with Crippen LogP contribution >= 0.6 is 39.3 Å². The lowest BCUT2D eigenvalue weighted by Crippen LogP contribution is -2.24. The molecule has 0 aliphatic rings. The molecule has 2 amide bonds. The Labute approximate surface area is 185 Å². The Kier molecular flexibility index (Phi) is 7.29. The molecule has 0 aliphatic carbocycles. The summed E-state index contributed by atoms with van der Waals surface area (Å²) in [5, 5.41) is 15.0. The summed E-state index contributed by atoms with van der Waals surface area (Å²) in [5.41, 5.74) is 1.22. The van der Waals surface area contributed by atoms with Crippen molar-refractivity contribution in [3.8, 4) is 0 Å². The van der Waals surface area contributed by atoms with E-state index in [1.54, 1.807) is 35.9 Å². The Morgan fingerprint density at radius 2 is 1.86 bits per heavy atom. The van der Waals surface area contributed by atoms with Crippen molar-refractivity contribution >= 4 is 56.8 Å². The van der Waals surface area contributed by atoms with E-state index in [-0.39, 0.29) is 24.1 Å². The topological polar surface area (TPSA) is 88.9 Å². The molecular formula is C19H17BrClN5O2S. The summed E-state index contributed by atoms with van der Waals surface area (Å²) in [6.45, 7) is 0.217. The van der Waals surface area contributed by atoms with Crippen LogP contribution in [0.2, 0.25) is 5.02 Å². The number of carbonyl (C=O) groups is 2. The molecule has 2 N–H and O–H groups in total. The molecule has 2 aromatic carbocycles. The Balaban J connectivity index is 1.52. The second kappa shape index (κ2) is 9.91. The van der Waals surface area contributed by atoms with Crippen molar-refractivity contribution in [1.29, 1.82) is 0 Å². The summed E-state index contributed by atoms with van der Waals surface area (Å²) in [6.07, 6.45) is 0. The summed E-state index contributed by atoms with van der Waals surface area (Å²) in [6, 6.07) is 14.0. The second-order valence-electron chi connectivity index (χ2n) is 5.96. The number of halogens is 2. The number of anilines is 1. The molecule has 3 rings (SSSR count).